The van der Waals surface area contributed by atoms with Crippen molar-refractivity contribution in [3.8, 4) is 5.75 Å². The highest BCUT2D eigenvalue weighted by molar-refractivity contribution is 6.31. The second kappa shape index (κ2) is 7.70. The first-order chi connectivity index (χ1) is 10.1. The fourth-order valence-electron chi connectivity index (χ4n) is 1.91. The van der Waals surface area contributed by atoms with Gasteiger partial charge in [-0.1, -0.05) is 41.9 Å². The van der Waals surface area contributed by atoms with E-state index in [0.29, 0.717) is 19.6 Å². The number of carbonyl (C=O) groups is 1. The molecule has 1 amide bonds. The lowest BCUT2D eigenvalue weighted by Gasteiger charge is -2.09. The topological polar surface area (TPSA) is 38.3 Å². The van der Waals surface area contributed by atoms with Crippen LogP contribution in [-0.4, -0.2) is 19.1 Å². The average molecular weight is 304 g/mol. The normalized spacial score (nSPS) is 10.2. The second-order valence-electron chi connectivity index (χ2n) is 4.77. The van der Waals surface area contributed by atoms with Crippen molar-refractivity contribution in [2.45, 2.75) is 13.3 Å². The number of nitrogens with one attached hydrogen (secondary N) is 1. The van der Waals surface area contributed by atoms with Crippen LogP contribution in [0.1, 0.15) is 11.1 Å². The Balaban J connectivity index is 1.69. The van der Waals surface area contributed by atoms with Gasteiger partial charge in [0.2, 0.25) is 5.91 Å². The van der Waals surface area contributed by atoms with E-state index >= 15 is 0 Å². The van der Waals surface area contributed by atoms with Gasteiger partial charge in [0.25, 0.3) is 0 Å². The molecule has 0 radical (unpaired) electrons. The lowest BCUT2D eigenvalue weighted by molar-refractivity contribution is -0.120. The molecule has 0 atom stereocenters. The third-order valence-electron chi connectivity index (χ3n) is 3.03. The van der Waals surface area contributed by atoms with E-state index in [1.165, 1.54) is 0 Å². The first-order valence-corrected chi connectivity index (χ1v) is 7.22. The monoisotopic (exact) mass is 303 g/mol. The van der Waals surface area contributed by atoms with Gasteiger partial charge in [-0.25, -0.2) is 0 Å². The zero-order valence-corrected chi connectivity index (χ0v) is 12.7. The molecule has 0 heterocycles. The highest BCUT2D eigenvalue weighted by Crippen LogP contribution is 2.20. The third-order valence-corrected chi connectivity index (χ3v) is 3.45. The minimum atomic E-state index is -0.00270. The summed E-state index contributed by atoms with van der Waals surface area (Å²) < 4.78 is 5.57. The number of hydrogen-bond donors (Lipinski definition) is 1. The van der Waals surface area contributed by atoms with Crippen LogP contribution in [0.25, 0.3) is 0 Å². The Labute approximate surface area is 129 Å². The standard InChI is InChI=1S/C17H18ClNO2/c1-13-11-15(7-8-16(13)18)21-10-9-19-17(20)12-14-5-3-2-4-6-14/h2-8,11H,9-10,12H2,1H3,(H,19,20). The van der Waals surface area contributed by atoms with Gasteiger partial charge in [0.1, 0.15) is 12.4 Å². The van der Waals surface area contributed by atoms with Gasteiger partial charge in [-0.2, -0.15) is 0 Å². The summed E-state index contributed by atoms with van der Waals surface area (Å²) in [5, 5.41) is 3.56. The summed E-state index contributed by atoms with van der Waals surface area (Å²) >= 11 is 5.95. The highest BCUT2D eigenvalue weighted by atomic mass is 35.5. The quantitative estimate of drug-likeness (QED) is 0.831. The van der Waals surface area contributed by atoms with Gasteiger partial charge >= 0.3 is 0 Å². The summed E-state index contributed by atoms with van der Waals surface area (Å²) in [6, 6.07) is 15.2. The molecule has 21 heavy (non-hydrogen) atoms. The molecule has 1 N–H and O–H groups in total. The van der Waals surface area contributed by atoms with E-state index in [4.69, 9.17) is 16.3 Å². The van der Waals surface area contributed by atoms with Crippen LogP contribution in [0, 0.1) is 6.92 Å². The first kappa shape index (κ1) is 15.4. The van der Waals surface area contributed by atoms with Crippen LogP contribution in [0.15, 0.2) is 48.5 Å². The molecule has 110 valence electrons. The van der Waals surface area contributed by atoms with Gasteiger partial charge in [-0.05, 0) is 36.2 Å². The molecule has 0 bridgehead atoms. The number of carbonyl (C=O) groups excluding carboxylic acids is 1. The van der Waals surface area contributed by atoms with Gasteiger partial charge in [0.15, 0.2) is 0 Å². The number of benzene rings is 2. The van der Waals surface area contributed by atoms with Crippen molar-refractivity contribution < 1.29 is 9.53 Å². The van der Waals surface area contributed by atoms with Crippen molar-refractivity contribution in [3.05, 3.63) is 64.7 Å². The van der Waals surface area contributed by atoms with E-state index in [1.807, 2.05) is 49.4 Å². The fraction of sp³-hybridized carbons (Fsp3) is 0.235. The van der Waals surface area contributed by atoms with E-state index in [2.05, 4.69) is 5.32 Å². The van der Waals surface area contributed by atoms with Crippen molar-refractivity contribution in [1.29, 1.82) is 0 Å². The SMILES string of the molecule is Cc1cc(OCCNC(=O)Cc2ccccc2)ccc1Cl. The van der Waals surface area contributed by atoms with Gasteiger partial charge in [-0.3, -0.25) is 4.79 Å². The lowest BCUT2D eigenvalue weighted by Crippen LogP contribution is -2.29. The second-order valence-corrected chi connectivity index (χ2v) is 5.18. The average Bonchev–Trinajstić information content (AvgIpc) is 2.48. The van der Waals surface area contributed by atoms with Crippen LogP contribution in [0.3, 0.4) is 0 Å². The zero-order valence-electron chi connectivity index (χ0n) is 11.9. The number of aryl methyl sites for hydroxylation is 1. The van der Waals surface area contributed by atoms with E-state index < -0.39 is 0 Å². The molecule has 0 saturated heterocycles. The molecule has 2 aromatic carbocycles. The summed E-state index contributed by atoms with van der Waals surface area (Å²) in [5.74, 6) is 0.756. The maximum Gasteiger partial charge on any atom is 0.224 e. The van der Waals surface area contributed by atoms with E-state index in [-0.39, 0.29) is 5.91 Å². The third kappa shape index (κ3) is 5.12. The van der Waals surface area contributed by atoms with Crippen LogP contribution in [0.5, 0.6) is 5.75 Å². The molecule has 0 aliphatic rings. The predicted molar refractivity (Wildman–Crippen MR) is 84.8 cm³/mol. The van der Waals surface area contributed by atoms with E-state index in [9.17, 15) is 4.79 Å². The summed E-state index contributed by atoms with van der Waals surface area (Å²) in [6.07, 6.45) is 0.390. The van der Waals surface area contributed by atoms with Gasteiger partial charge < -0.3 is 10.1 Å². The van der Waals surface area contributed by atoms with Crippen LogP contribution >= 0.6 is 11.6 Å². The molecule has 4 heteroatoms. The number of hydrogen-bond acceptors (Lipinski definition) is 2. The van der Waals surface area contributed by atoms with Crippen LogP contribution in [0.2, 0.25) is 5.02 Å². The van der Waals surface area contributed by atoms with Gasteiger partial charge in [0.05, 0.1) is 13.0 Å². The molecule has 0 aromatic heterocycles. The molecule has 0 spiro atoms. The van der Waals surface area contributed by atoms with Crippen molar-refractivity contribution in [2.24, 2.45) is 0 Å². The summed E-state index contributed by atoms with van der Waals surface area (Å²) in [6.45, 7) is 2.84. The number of halogens is 1. The van der Waals surface area contributed by atoms with E-state index in [0.717, 1.165) is 21.9 Å². The summed E-state index contributed by atoms with van der Waals surface area (Å²) in [7, 11) is 0. The molecule has 2 aromatic rings. The molecular weight excluding hydrogens is 286 g/mol. The Morgan fingerprint density at radius 1 is 1.19 bits per heavy atom. The molecule has 0 aliphatic carbocycles. The predicted octanol–water partition coefficient (Wildman–Crippen LogP) is 3.39. The molecule has 0 aliphatic heterocycles. The number of rotatable bonds is 6. The Hall–Kier alpha value is -2.00. The minimum absolute atomic E-state index is 0.00270. The largest absolute Gasteiger partial charge is 0.492 e. The smallest absolute Gasteiger partial charge is 0.224 e. The molecule has 3 nitrogen and oxygen atoms in total. The summed E-state index contributed by atoms with van der Waals surface area (Å²) in [4.78, 5) is 11.7. The number of ether oxygens (including phenoxy) is 1. The first-order valence-electron chi connectivity index (χ1n) is 6.85. The van der Waals surface area contributed by atoms with Crippen LogP contribution < -0.4 is 10.1 Å². The Kier molecular flexibility index (Phi) is 5.64. The van der Waals surface area contributed by atoms with Crippen LogP contribution in [0.4, 0.5) is 0 Å². The maximum atomic E-state index is 11.7. The molecule has 0 saturated carbocycles. The maximum absolute atomic E-state index is 11.7. The molecule has 2 rings (SSSR count). The van der Waals surface area contributed by atoms with Gasteiger partial charge in [0, 0.05) is 5.02 Å². The Morgan fingerprint density at radius 2 is 1.95 bits per heavy atom. The molecular formula is C17H18ClNO2. The summed E-state index contributed by atoms with van der Waals surface area (Å²) in [5.41, 5.74) is 1.98. The Morgan fingerprint density at radius 3 is 2.67 bits per heavy atom. The molecule has 0 fully saturated rings. The van der Waals surface area contributed by atoms with Crippen molar-refractivity contribution >= 4 is 17.5 Å². The van der Waals surface area contributed by atoms with Crippen LogP contribution in [-0.2, 0) is 11.2 Å². The Bertz CT molecular complexity index is 599. The van der Waals surface area contributed by atoms with Crippen molar-refractivity contribution in [3.63, 3.8) is 0 Å². The zero-order chi connectivity index (χ0) is 15.1. The van der Waals surface area contributed by atoms with Crippen molar-refractivity contribution in [1.82, 2.24) is 5.32 Å². The fourth-order valence-corrected chi connectivity index (χ4v) is 2.03. The number of amides is 1. The molecule has 0 unspecified atom stereocenters. The van der Waals surface area contributed by atoms with Crippen molar-refractivity contribution in [2.75, 3.05) is 13.2 Å². The highest BCUT2D eigenvalue weighted by Gasteiger charge is 2.03. The van der Waals surface area contributed by atoms with E-state index in [1.54, 1.807) is 6.07 Å². The van der Waals surface area contributed by atoms with Gasteiger partial charge in [-0.15, -0.1) is 0 Å². The lowest BCUT2D eigenvalue weighted by atomic mass is 10.1. The minimum Gasteiger partial charge on any atom is -0.492 e.